The zero-order chi connectivity index (χ0) is 19.0. The SMILES string of the molecule is C[C@@H](Cn1ccc(-c2cc(C(F)(F)F)cc(C(F)(F)F)c2)n1)C(=O)O. The van der Waals surface area contributed by atoms with Crippen LogP contribution in [0.15, 0.2) is 30.5 Å². The number of hydrogen-bond acceptors (Lipinski definition) is 2. The van der Waals surface area contributed by atoms with Crippen LogP contribution in [0.1, 0.15) is 18.1 Å². The lowest BCUT2D eigenvalue weighted by molar-refractivity contribution is -0.143. The number of rotatable bonds is 4. The van der Waals surface area contributed by atoms with Gasteiger partial charge < -0.3 is 5.11 Å². The highest BCUT2D eigenvalue weighted by Crippen LogP contribution is 2.38. The second kappa shape index (κ2) is 6.41. The molecule has 136 valence electrons. The number of hydrogen-bond donors (Lipinski definition) is 1. The first-order chi connectivity index (χ1) is 11.4. The number of aliphatic carboxylic acids is 1. The van der Waals surface area contributed by atoms with E-state index in [4.69, 9.17) is 5.11 Å². The van der Waals surface area contributed by atoms with E-state index in [-0.39, 0.29) is 23.9 Å². The Kier molecular flexibility index (Phi) is 4.83. The fourth-order valence-electron chi connectivity index (χ4n) is 2.08. The number of alkyl halides is 6. The lowest BCUT2D eigenvalue weighted by atomic mass is 10.0. The summed E-state index contributed by atoms with van der Waals surface area (Å²) in [6, 6.07) is 2.41. The molecule has 0 aliphatic carbocycles. The molecule has 0 bridgehead atoms. The van der Waals surface area contributed by atoms with Gasteiger partial charge in [0.1, 0.15) is 0 Å². The molecule has 1 heterocycles. The summed E-state index contributed by atoms with van der Waals surface area (Å²) < 4.78 is 78.3. The molecule has 1 aromatic carbocycles. The minimum Gasteiger partial charge on any atom is -0.481 e. The number of benzene rings is 1. The van der Waals surface area contributed by atoms with Crippen molar-refractivity contribution in [3.8, 4) is 11.3 Å². The van der Waals surface area contributed by atoms with E-state index in [0.717, 1.165) is 4.68 Å². The zero-order valence-corrected chi connectivity index (χ0v) is 12.7. The summed E-state index contributed by atoms with van der Waals surface area (Å²) in [6.07, 6.45) is -8.60. The van der Waals surface area contributed by atoms with Crippen LogP contribution in [-0.2, 0) is 23.7 Å². The lowest BCUT2D eigenvalue weighted by Crippen LogP contribution is -2.17. The van der Waals surface area contributed by atoms with Crippen molar-refractivity contribution in [1.82, 2.24) is 9.78 Å². The first-order valence-corrected chi connectivity index (χ1v) is 6.94. The molecule has 1 N–H and O–H groups in total. The van der Waals surface area contributed by atoms with Gasteiger partial charge in [-0.3, -0.25) is 9.48 Å². The highest BCUT2D eigenvalue weighted by Gasteiger charge is 2.37. The molecule has 1 atom stereocenters. The Morgan fingerprint density at radius 3 is 2.08 bits per heavy atom. The Morgan fingerprint density at radius 1 is 1.12 bits per heavy atom. The molecule has 2 rings (SSSR count). The first-order valence-electron chi connectivity index (χ1n) is 6.94. The van der Waals surface area contributed by atoms with Gasteiger partial charge >= 0.3 is 18.3 Å². The predicted octanol–water partition coefficient (Wildman–Crippen LogP) is 4.31. The van der Waals surface area contributed by atoms with Crippen molar-refractivity contribution >= 4 is 5.97 Å². The number of carboxylic acid groups (broad SMARTS) is 1. The second-order valence-corrected chi connectivity index (χ2v) is 5.46. The maximum Gasteiger partial charge on any atom is 0.416 e. The van der Waals surface area contributed by atoms with Crippen LogP contribution in [0.2, 0.25) is 0 Å². The third kappa shape index (κ3) is 4.52. The Balaban J connectivity index is 2.45. The fourth-order valence-corrected chi connectivity index (χ4v) is 2.08. The van der Waals surface area contributed by atoms with Gasteiger partial charge in [0.05, 0.1) is 29.3 Å². The van der Waals surface area contributed by atoms with Crippen LogP contribution in [0.5, 0.6) is 0 Å². The van der Waals surface area contributed by atoms with Gasteiger partial charge in [-0.05, 0) is 24.3 Å². The van der Waals surface area contributed by atoms with Gasteiger partial charge in [-0.15, -0.1) is 0 Å². The molecule has 25 heavy (non-hydrogen) atoms. The van der Waals surface area contributed by atoms with Gasteiger partial charge in [-0.2, -0.15) is 31.4 Å². The van der Waals surface area contributed by atoms with Crippen LogP contribution >= 0.6 is 0 Å². The average Bonchev–Trinajstić information content (AvgIpc) is 2.93. The first kappa shape index (κ1) is 18.8. The molecule has 10 heteroatoms. The third-order valence-corrected chi connectivity index (χ3v) is 3.41. The topological polar surface area (TPSA) is 55.1 Å². The maximum absolute atomic E-state index is 12.9. The summed E-state index contributed by atoms with van der Waals surface area (Å²) in [7, 11) is 0. The molecule has 1 aromatic heterocycles. The van der Waals surface area contributed by atoms with Gasteiger partial charge in [-0.25, -0.2) is 0 Å². The van der Waals surface area contributed by atoms with E-state index in [1.54, 1.807) is 0 Å². The van der Waals surface area contributed by atoms with Gasteiger partial charge in [0, 0.05) is 11.8 Å². The van der Waals surface area contributed by atoms with Crippen molar-refractivity contribution in [3.05, 3.63) is 41.6 Å². The highest BCUT2D eigenvalue weighted by molar-refractivity contribution is 5.69. The van der Waals surface area contributed by atoms with E-state index < -0.39 is 35.4 Å². The summed E-state index contributed by atoms with van der Waals surface area (Å²) in [4.78, 5) is 10.8. The van der Waals surface area contributed by atoms with E-state index in [0.29, 0.717) is 12.1 Å². The van der Waals surface area contributed by atoms with E-state index >= 15 is 0 Å². The van der Waals surface area contributed by atoms with Crippen molar-refractivity contribution in [2.45, 2.75) is 25.8 Å². The summed E-state index contributed by atoms with van der Waals surface area (Å²) in [5.41, 5.74) is -3.35. The largest absolute Gasteiger partial charge is 0.481 e. The summed E-state index contributed by atoms with van der Waals surface area (Å²) in [5, 5.41) is 12.7. The predicted molar refractivity (Wildman–Crippen MR) is 74.5 cm³/mol. The van der Waals surface area contributed by atoms with Crippen LogP contribution in [0, 0.1) is 5.92 Å². The fraction of sp³-hybridized carbons (Fsp3) is 0.333. The van der Waals surface area contributed by atoms with Gasteiger partial charge in [-0.1, -0.05) is 6.92 Å². The molecule has 0 amide bonds. The number of carboxylic acids is 1. The monoisotopic (exact) mass is 366 g/mol. The van der Waals surface area contributed by atoms with Crippen molar-refractivity contribution in [1.29, 1.82) is 0 Å². The Morgan fingerprint density at radius 2 is 1.64 bits per heavy atom. The summed E-state index contributed by atoms with van der Waals surface area (Å²) in [5.74, 6) is -1.92. The minimum atomic E-state index is -4.95. The molecule has 0 fully saturated rings. The molecular weight excluding hydrogens is 354 g/mol. The Hall–Kier alpha value is -2.52. The van der Waals surface area contributed by atoms with E-state index in [1.807, 2.05) is 0 Å². The lowest BCUT2D eigenvalue weighted by Gasteiger charge is -2.13. The smallest absolute Gasteiger partial charge is 0.416 e. The second-order valence-electron chi connectivity index (χ2n) is 5.46. The molecule has 0 spiro atoms. The van der Waals surface area contributed by atoms with Crippen LogP contribution in [0.25, 0.3) is 11.3 Å². The molecule has 0 unspecified atom stereocenters. The molecule has 0 saturated carbocycles. The molecular formula is C15H12F6N2O2. The number of carbonyl (C=O) groups is 1. The molecule has 0 aliphatic heterocycles. The highest BCUT2D eigenvalue weighted by atomic mass is 19.4. The normalized spacial score (nSPS) is 13.7. The number of aromatic nitrogens is 2. The summed E-state index contributed by atoms with van der Waals surface area (Å²) >= 11 is 0. The zero-order valence-electron chi connectivity index (χ0n) is 12.7. The Bertz CT molecular complexity index is 747. The van der Waals surface area contributed by atoms with Crippen molar-refractivity contribution in [2.75, 3.05) is 0 Å². The minimum absolute atomic E-state index is 0.0347. The number of halogens is 6. The third-order valence-electron chi connectivity index (χ3n) is 3.41. The van der Waals surface area contributed by atoms with Gasteiger partial charge in [0.25, 0.3) is 0 Å². The van der Waals surface area contributed by atoms with E-state index in [9.17, 15) is 31.1 Å². The molecule has 0 aliphatic rings. The van der Waals surface area contributed by atoms with E-state index in [2.05, 4.69) is 5.10 Å². The van der Waals surface area contributed by atoms with Gasteiger partial charge in [0.2, 0.25) is 0 Å². The molecule has 4 nitrogen and oxygen atoms in total. The summed E-state index contributed by atoms with van der Waals surface area (Å²) in [6.45, 7) is 1.33. The number of nitrogens with zero attached hydrogens (tertiary/aromatic N) is 2. The van der Waals surface area contributed by atoms with Crippen molar-refractivity contribution < 1.29 is 36.2 Å². The van der Waals surface area contributed by atoms with Crippen molar-refractivity contribution in [2.24, 2.45) is 5.92 Å². The van der Waals surface area contributed by atoms with E-state index in [1.165, 1.54) is 19.2 Å². The van der Waals surface area contributed by atoms with Gasteiger partial charge in [0.15, 0.2) is 0 Å². The quantitative estimate of drug-likeness (QED) is 0.821. The van der Waals surface area contributed by atoms with Crippen molar-refractivity contribution in [3.63, 3.8) is 0 Å². The standard InChI is InChI=1S/C15H12F6N2O2/c1-8(13(24)25)7-23-3-2-12(22-23)9-4-10(14(16,17)18)6-11(5-9)15(19,20)21/h2-6,8H,7H2,1H3,(H,24,25)/t8-/m0/s1. The maximum atomic E-state index is 12.9. The van der Waals surface area contributed by atoms with Crippen LogP contribution < -0.4 is 0 Å². The van der Waals surface area contributed by atoms with Crippen LogP contribution in [0.3, 0.4) is 0 Å². The molecule has 0 saturated heterocycles. The average molecular weight is 366 g/mol. The molecule has 0 radical (unpaired) electrons. The van der Waals surface area contributed by atoms with Crippen LogP contribution in [0.4, 0.5) is 26.3 Å². The van der Waals surface area contributed by atoms with Crippen LogP contribution in [-0.4, -0.2) is 20.9 Å². The Labute approximate surface area is 137 Å². The molecule has 2 aromatic rings.